The summed E-state index contributed by atoms with van der Waals surface area (Å²) in [6.07, 6.45) is 0. The molecule has 0 saturated heterocycles. The van der Waals surface area contributed by atoms with Crippen LogP contribution in [-0.2, 0) is 0 Å². The molecule has 1 heterocycles. The lowest BCUT2D eigenvalue weighted by molar-refractivity contribution is 1.18. The zero-order valence-corrected chi connectivity index (χ0v) is 32.0. The van der Waals surface area contributed by atoms with Gasteiger partial charge in [-0.05, 0) is 81.9 Å². The molecule has 0 fully saturated rings. The van der Waals surface area contributed by atoms with E-state index in [-0.39, 0.29) is 0 Å². The van der Waals surface area contributed by atoms with Gasteiger partial charge in [0, 0.05) is 33.3 Å². The lowest BCUT2D eigenvalue weighted by atomic mass is 9.85. The molecular weight excluding hydrogens is 701 g/mol. The number of anilines is 3. The molecular formula is C56H40N2. The van der Waals surface area contributed by atoms with Gasteiger partial charge in [-0.25, -0.2) is 0 Å². The molecule has 2 nitrogen and oxygen atoms in total. The molecule has 10 rings (SSSR count). The van der Waals surface area contributed by atoms with Crippen LogP contribution in [0.25, 0.3) is 49.8 Å². The van der Waals surface area contributed by atoms with E-state index in [2.05, 4.69) is 252 Å². The number of para-hydroxylation sites is 4. The minimum atomic E-state index is 1.08. The molecule has 0 unspecified atom stereocenters. The third-order valence-electron chi connectivity index (χ3n) is 11.0. The highest BCUT2D eigenvalue weighted by atomic mass is 15.1. The van der Waals surface area contributed by atoms with Gasteiger partial charge in [-0.1, -0.05) is 194 Å². The van der Waals surface area contributed by atoms with Crippen LogP contribution in [0.1, 0.15) is 22.3 Å². The van der Waals surface area contributed by atoms with Gasteiger partial charge in [0.25, 0.3) is 0 Å². The van der Waals surface area contributed by atoms with Gasteiger partial charge < -0.3 is 9.47 Å². The first kappa shape index (κ1) is 34.8. The van der Waals surface area contributed by atoms with E-state index in [9.17, 15) is 0 Å². The summed E-state index contributed by atoms with van der Waals surface area (Å²) >= 11 is 0. The molecule has 0 saturated carbocycles. The first-order valence-corrected chi connectivity index (χ1v) is 19.9. The number of hydrogen-bond donors (Lipinski definition) is 0. The van der Waals surface area contributed by atoms with Crippen molar-refractivity contribution in [2.45, 2.75) is 0 Å². The van der Waals surface area contributed by atoms with Crippen molar-refractivity contribution in [1.29, 1.82) is 0 Å². The number of nitrogens with zero attached hydrogens (tertiary/aromatic N) is 2. The van der Waals surface area contributed by atoms with Gasteiger partial charge in [0.1, 0.15) is 0 Å². The molecule has 0 aliphatic rings. The Hall–Kier alpha value is -7.68. The molecule has 0 N–H and O–H groups in total. The molecule has 0 bridgehead atoms. The van der Waals surface area contributed by atoms with Crippen LogP contribution in [0.4, 0.5) is 17.1 Å². The fraction of sp³-hybridized carbons (Fsp3) is 0. The second-order valence-electron chi connectivity index (χ2n) is 14.5. The summed E-state index contributed by atoms with van der Waals surface area (Å²) in [6, 6.07) is 87.4. The van der Waals surface area contributed by atoms with Gasteiger partial charge in [-0.15, -0.1) is 0 Å². The Bertz CT molecular complexity index is 2980. The van der Waals surface area contributed by atoms with E-state index in [1.807, 2.05) is 0 Å². The van der Waals surface area contributed by atoms with Crippen molar-refractivity contribution in [3.05, 3.63) is 265 Å². The molecule has 0 amide bonds. The molecule has 10 aromatic rings. The standard InChI is InChI=1S/C56H40N2/c1-6-22-41(23-7-1)47-32-16-19-35-51(47)58(46-38-39-54-50(40-46)48-33-17-20-36-52(48)57(54)45-30-14-5-15-31-45)53-37-21-18-34-49(53)56(44-28-12-4-13-29-44)55(42-24-8-2-9-25-42)43-26-10-3-11-27-43/h1-40H. The van der Waals surface area contributed by atoms with Crippen LogP contribution in [0, 0.1) is 0 Å². The number of benzene rings is 9. The zero-order chi connectivity index (χ0) is 38.7. The fourth-order valence-electron chi connectivity index (χ4n) is 8.48. The lowest BCUT2D eigenvalue weighted by Gasteiger charge is -2.31. The topological polar surface area (TPSA) is 8.17 Å². The van der Waals surface area contributed by atoms with Crippen LogP contribution in [0.5, 0.6) is 0 Å². The van der Waals surface area contributed by atoms with Crippen molar-refractivity contribution >= 4 is 50.0 Å². The molecule has 9 aromatic carbocycles. The van der Waals surface area contributed by atoms with E-state index < -0.39 is 0 Å². The van der Waals surface area contributed by atoms with Gasteiger partial charge in [0.05, 0.1) is 22.4 Å². The van der Waals surface area contributed by atoms with E-state index in [4.69, 9.17) is 0 Å². The summed E-state index contributed by atoms with van der Waals surface area (Å²) in [5.41, 5.74) is 16.0. The summed E-state index contributed by atoms with van der Waals surface area (Å²) in [5.74, 6) is 0. The maximum Gasteiger partial charge on any atom is 0.0542 e. The Morgan fingerprint density at radius 2 is 0.828 bits per heavy atom. The van der Waals surface area contributed by atoms with Gasteiger partial charge in [0.2, 0.25) is 0 Å². The first-order chi connectivity index (χ1) is 28.8. The minimum absolute atomic E-state index is 1.08. The van der Waals surface area contributed by atoms with E-state index in [1.54, 1.807) is 0 Å². The smallest absolute Gasteiger partial charge is 0.0542 e. The number of rotatable bonds is 9. The first-order valence-electron chi connectivity index (χ1n) is 19.9. The SMILES string of the molecule is c1ccc(C(=C(c2ccccc2)c2ccccc2N(c2ccc3c(c2)c2ccccc2n3-c2ccccc2)c2ccccc2-c2ccccc2)c2ccccc2)cc1. The highest BCUT2D eigenvalue weighted by Gasteiger charge is 2.25. The Morgan fingerprint density at radius 1 is 0.345 bits per heavy atom. The van der Waals surface area contributed by atoms with Crippen LogP contribution < -0.4 is 4.90 Å². The Balaban J connectivity index is 1.30. The van der Waals surface area contributed by atoms with Crippen LogP contribution in [0.2, 0.25) is 0 Å². The summed E-state index contributed by atoms with van der Waals surface area (Å²) in [4.78, 5) is 2.47. The number of fused-ring (bicyclic) bond motifs is 3. The maximum atomic E-state index is 2.47. The average Bonchev–Trinajstić information content (AvgIpc) is 3.64. The molecule has 0 aliphatic carbocycles. The van der Waals surface area contributed by atoms with E-state index in [0.717, 1.165) is 61.7 Å². The number of aromatic nitrogens is 1. The minimum Gasteiger partial charge on any atom is -0.309 e. The Kier molecular flexibility index (Phi) is 9.27. The second-order valence-corrected chi connectivity index (χ2v) is 14.5. The molecule has 58 heavy (non-hydrogen) atoms. The van der Waals surface area contributed by atoms with E-state index in [0.29, 0.717) is 0 Å². The molecule has 2 heteroatoms. The third-order valence-corrected chi connectivity index (χ3v) is 11.0. The lowest BCUT2D eigenvalue weighted by Crippen LogP contribution is -2.14. The molecule has 0 radical (unpaired) electrons. The van der Waals surface area contributed by atoms with E-state index >= 15 is 0 Å². The van der Waals surface area contributed by atoms with Crippen molar-refractivity contribution in [2.24, 2.45) is 0 Å². The van der Waals surface area contributed by atoms with Gasteiger partial charge in [-0.2, -0.15) is 0 Å². The van der Waals surface area contributed by atoms with Gasteiger partial charge >= 0.3 is 0 Å². The molecule has 274 valence electrons. The van der Waals surface area contributed by atoms with Crippen molar-refractivity contribution in [1.82, 2.24) is 4.57 Å². The van der Waals surface area contributed by atoms with Crippen LogP contribution in [-0.4, -0.2) is 4.57 Å². The molecule has 0 spiro atoms. The van der Waals surface area contributed by atoms with Crippen molar-refractivity contribution in [3.8, 4) is 16.8 Å². The molecule has 0 atom stereocenters. The summed E-state index contributed by atoms with van der Waals surface area (Å²) in [6.45, 7) is 0. The van der Waals surface area contributed by atoms with Crippen LogP contribution in [0.15, 0.2) is 243 Å². The highest BCUT2D eigenvalue weighted by molar-refractivity contribution is 6.12. The van der Waals surface area contributed by atoms with Gasteiger partial charge in [0.15, 0.2) is 0 Å². The van der Waals surface area contributed by atoms with E-state index in [1.165, 1.54) is 27.4 Å². The third kappa shape index (κ3) is 6.37. The Morgan fingerprint density at radius 3 is 1.48 bits per heavy atom. The summed E-state index contributed by atoms with van der Waals surface area (Å²) in [7, 11) is 0. The second kappa shape index (κ2) is 15.5. The highest BCUT2D eigenvalue weighted by Crippen LogP contribution is 2.48. The molecule has 1 aromatic heterocycles. The Labute approximate surface area is 339 Å². The largest absolute Gasteiger partial charge is 0.309 e. The van der Waals surface area contributed by atoms with Crippen molar-refractivity contribution < 1.29 is 0 Å². The summed E-state index contributed by atoms with van der Waals surface area (Å²) < 4.78 is 2.38. The van der Waals surface area contributed by atoms with Crippen LogP contribution >= 0.6 is 0 Å². The normalized spacial score (nSPS) is 11.1. The predicted molar refractivity (Wildman–Crippen MR) is 245 cm³/mol. The van der Waals surface area contributed by atoms with Gasteiger partial charge in [-0.3, -0.25) is 0 Å². The average molecular weight is 741 g/mol. The van der Waals surface area contributed by atoms with Crippen molar-refractivity contribution in [2.75, 3.05) is 4.90 Å². The molecule has 0 aliphatic heterocycles. The van der Waals surface area contributed by atoms with Crippen molar-refractivity contribution in [3.63, 3.8) is 0 Å². The zero-order valence-electron chi connectivity index (χ0n) is 32.0. The predicted octanol–water partition coefficient (Wildman–Crippen LogP) is 14.9. The number of hydrogen-bond acceptors (Lipinski definition) is 1. The summed E-state index contributed by atoms with van der Waals surface area (Å²) in [5, 5.41) is 2.41. The fourth-order valence-corrected chi connectivity index (χ4v) is 8.48. The quantitative estimate of drug-likeness (QED) is 0.134. The van der Waals surface area contributed by atoms with Crippen LogP contribution in [0.3, 0.4) is 0 Å². The maximum absolute atomic E-state index is 2.47. The monoisotopic (exact) mass is 740 g/mol.